The van der Waals surface area contributed by atoms with Gasteiger partial charge in [0.2, 0.25) is 5.78 Å². The van der Waals surface area contributed by atoms with Crippen molar-refractivity contribution in [2.75, 3.05) is 24.5 Å². The van der Waals surface area contributed by atoms with Gasteiger partial charge in [-0.1, -0.05) is 29.8 Å². The molecule has 0 saturated carbocycles. The van der Waals surface area contributed by atoms with E-state index in [-0.39, 0.29) is 13.3 Å². The van der Waals surface area contributed by atoms with Gasteiger partial charge in [0.15, 0.2) is 0 Å². The predicted octanol–water partition coefficient (Wildman–Crippen LogP) is 4.07. The summed E-state index contributed by atoms with van der Waals surface area (Å²) in [5.74, 6) is 0.704. The molecule has 1 saturated heterocycles. The Bertz CT molecular complexity index is 1010. The van der Waals surface area contributed by atoms with Crippen molar-refractivity contribution in [3.8, 4) is 0 Å². The van der Waals surface area contributed by atoms with Crippen LogP contribution in [0.3, 0.4) is 0 Å². The third kappa shape index (κ3) is 3.91. The van der Waals surface area contributed by atoms with Gasteiger partial charge in [0.25, 0.3) is 0 Å². The van der Waals surface area contributed by atoms with Crippen LogP contribution in [-0.2, 0) is 0 Å². The minimum atomic E-state index is -0.103. The second-order valence-electron chi connectivity index (χ2n) is 6.85. The first-order valence-electron chi connectivity index (χ1n) is 9.29. The van der Waals surface area contributed by atoms with E-state index in [1.165, 1.54) is 0 Å². The van der Waals surface area contributed by atoms with Gasteiger partial charge in [-0.25, -0.2) is 4.98 Å². The normalized spacial score (nSPS) is 16.8. The molecule has 28 heavy (non-hydrogen) atoms. The zero-order valence-corrected chi connectivity index (χ0v) is 16.4. The topological polar surface area (TPSA) is 58.1 Å². The van der Waals surface area contributed by atoms with Gasteiger partial charge in [0.1, 0.15) is 11.5 Å². The van der Waals surface area contributed by atoms with E-state index in [4.69, 9.17) is 11.6 Å². The first-order valence-corrected chi connectivity index (χ1v) is 9.67. The van der Waals surface area contributed by atoms with Crippen molar-refractivity contribution in [3.05, 3.63) is 88.3 Å². The summed E-state index contributed by atoms with van der Waals surface area (Å²) in [6.45, 7) is 4.26. The average molecular weight is 395 g/mol. The van der Waals surface area contributed by atoms with Gasteiger partial charge >= 0.3 is 0 Å². The van der Waals surface area contributed by atoms with Crippen molar-refractivity contribution in [2.24, 2.45) is 0 Å². The van der Waals surface area contributed by atoms with E-state index in [1.54, 1.807) is 24.4 Å². The van der Waals surface area contributed by atoms with Gasteiger partial charge < -0.3 is 10.2 Å². The fourth-order valence-electron chi connectivity index (χ4n) is 3.49. The zero-order valence-electron chi connectivity index (χ0n) is 15.6. The minimum absolute atomic E-state index is 0. The van der Waals surface area contributed by atoms with E-state index >= 15 is 0 Å². The molecule has 1 aliphatic heterocycles. The maximum absolute atomic E-state index is 12.9. The molecule has 1 N–H and O–H groups in total. The molecule has 0 aliphatic carbocycles. The lowest BCUT2D eigenvalue weighted by Gasteiger charge is -2.35. The summed E-state index contributed by atoms with van der Waals surface area (Å²) >= 11 is 6.15. The summed E-state index contributed by atoms with van der Waals surface area (Å²) in [5, 5.41) is 4.26. The molecule has 1 unspecified atom stereocenters. The van der Waals surface area contributed by atoms with Crippen molar-refractivity contribution in [1.29, 1.82) is 0 Å². The molecule has 3 heterocycles. The molecule has 0 radical (unpaired) electrons. The number of rotatable bonds is 4. The number of hydrogen-bond donors (Lipinski definition) is 1. The van der Waals surface area contributed by atoms with Gasteiger partial charge in [-0.05, 0) is 48.9 Å². The van der Waals surface area contributed by atoms with Crippen molar-refractivity contribution in [2.45, 2.75) is 13.0 Å². The average Bonchev–Trinajstić information content (AvgIpc) is 2.74. The Kier molecular flexibility index (Phi) is 5.37. The Labute approximate surface area is 170 Å². The molecule has 1 fully saturated rings. The second kappa shape index (κ2) is 8.09. The molecular formula is C22H23ClN4O. The van der Waals surface area contributed by atoms with E-state index in [9.17, 15) is 4.79 Å². The second-order valence-corrected chi connectivity index (χ2v) is 7.29. The van der Waals surface area contributed by atoms with Crippen LogP contribution in [-0.4, -0.2) is 35.4 Å². The largest absolute Gasteiger partial charge is 0.353 e. The number of nitrogens with zero attached hydrogens (tertiary/aromatic N) is 3. The first-order chi connectivity index (χ1) is 13.6. The Morgan fingerprint density at radius 1 is 1.21 bits per heavy atom. The maximum atomic E-state index is 12.9. The van der Waals surface area contributed by atoms with Gasteiger partial charge in [-0.3, -0.25) is 9.78 Å². The molecule has 6 heteroatoms. The lowest BCUT2D eigenvalue weighted by Crippen LogP contribution is -2.46. The molecule has 1 aromatic carbocycles. The number of aromatic nitrogens is 2. The summed E-state index contributed by atoms with van der Waals surface area (Å²) < 4.78 is 0. The van der Waals surface area contributed by atoms with Crippen LogP contribution in [0.1, 0.15) is 34.8 Å². The van der Waals surface area contributed by atoms with Crippen LogP contribution >= 0.6 is 11.6 Å². The number of carbonyl (C=O) groups excluding carboxylic acids is 1. The van der Waals surface area contributed by atoms with Crippen LogP contribution in [0.15, 0.2) is 60.8 Å². The highest BCUT2D eigenvalue weighted by molar-refractivity contribution is 6.30. The SMILES string of the molecule is Cc1ncccc1C(=O)c1cccc(N2CCNC(c3cccc(Cl)c3)C2)n1.[HH]. The van der Waals surface area contributed by atoms with Gasteiger partial charge in [0, 0.05) is 49.6 Å². The van der Waals surface area contributed by atoms with Gasteiger partial charge in [-0.2, -0.15) is 0 Å². The molecule has 0 spiro atoms. The molecular weight excluding hydrogens is 372 g/mol. The summed E-state index contributed by atoms with van der Waals surface area (Å²) in [6.07, 6.45) is 1.69. The number of halogens is 1. The highest BCUT2D eigenvalue weighted by Gasteiger charge is 2.23. The monoisotopic (exact) mass is 394 g/mol. The molecule has 2 aromatic heterocycles. The number of ketones is 1. The number of hydrogen-bond acceptors (Lipinski definition) is 5. The third-order valence-corrected chi connectivity index (χ3v) is 5.20. The van der Waals surface area contributed by atoms with E-state index in [0.29, 0.717) is 17.0 Å². The summed E-state index contributed by atoms with van der Waals surface area (Å²) in [6, 6.07) is 17.2. The number of nitrogens with one attached hydrogen (secondary N) is 1. The number of pyridine rings is 2. The Hall–Kier alpha value is -2.76. The predicted molar refractivity (Wildman–Crippen MR) is 113 cm³/mol. The number of aryl methyl sites for hydroxylation is 1. The molecule has 1 aliphatic rings. The molecule has 144 valence electrons. The summed E-state index contributed by atoms with van der Waals surface area (Å²) in [7, 11) is 0. The molecule has 0 amide bonds. The fourth-order valence-corrected chi connectivity index (χ4v) is 3.69. The van der Waals surface area contributed by atoms with Crippen LogP contribution in [0.2, 0.25) is 5.02 Å². The van der Waals surface area contributed by atoms with Gasteiger partial charge in [0.05, 0.1) is 0 Å². The van der Waals surface area contributed by atoms with E-state index in [0.717, 1.165) is 36.0 Å². The number of benzene rings is 1. The molecule has 0 bridgehead atoms. The maximum Gasteiger partial charge on any atom is 0.213 e. The summed E-state index contributed by atoms with van der Waals surface area (Å²) in [5.41, 5.74) is 2.88. The van der Waals surface area contributed by atoms with Crippen LogP contribution in [0, 0.1) is 6.92 Å². The molecule has 3 aromatic rings. The lowest BCUT2D eigenvalue weighted by atomic mass is 10.0. The molecule has 5 nitrogen and oxygen atoms in total. The summed E-state index contributed by atoms with van der Waals surface area (Å²) in [4.78, 5) is 23.9. The first kappa shape index (κ1) is 18.6. The zero-order chi connectivity index (χ0) is 19.5. The van der Waals surface area contributed by atoms with E-state index in [2.05, 4.69) is 26.3 Å². The Balaban J connectivity index is 0.00000240. The van der Waals surface area contributed by atoms with Crippen LogP contribution < -0.4 is 10.2 Å². The van der Waals surface area contributed by atoms with Gasteiger partial charge in [-0.15, -0.1) is 0 Å². The quantitative estimate of drug-likeness (QED) is 0.676. The highest BCUT2D eigenvalue weighted by atomic mass is 35.5. The number of piperazine rings is 1. The molecule has 4 rings (SSSR count). The number of carbonyl (C=O) groups is 1. The lowest BCUT2D eigenvalue weighted by molar-refractivity contribution is 0.103. The van der Waals surface area contributed by atoms with E-state index in [1.807, 2.05) is 37.3 Å². The van der Waals surface area contributed by atoms with Crippen molar-refractivity contribution in [1.82, 2.24) is 15.3 Å². The minimum Gasteiger partial charge on any atom is -0.353 e. The van der Waals surface area contributed by atoms with Crippen LogP contribution in [0.25, 0.3) is 0 Å². The number of anilines is 1. The van der Waals surface area contributed by atoms with Crippen molar-refractivity contribution >= 4 is 23.2 Å². The van der Waals surface area contributed by atoms with Crippen molar-refractivity contribution < 1.29 is 6.22 Å². The smallest absolute Gasteiger partial charge is 0.213 e. The van der Waals surface area contributed by atoms with Crippen LogP contribution in [0.4, 0.5) is 5.82 Å². The highest BCUT2D eigenvalue weighted by Crippen LogP contribution is 2.24. The van der Waals surface area contributed by atoms with E-state index < -0.39 is 0 Å². The standard InChI is InChI=1S/C22H21ClN4O.H2/c1-15-18(7-4-10-24-15)22(28)19-8-3-9-21(26-19)27-12-11-25-20(14-27)16-5-2-6-17(23)13-16;/h2-10,13,20,25H,11-12,14H2,1H3;1H. The molecule has 1 atom stereocenters. The fraction of sp³-hybridized carbons (Fsp3) is 0.227. The van der Waals surface area contributed by atoms with Crippen LogP contribution in [0.5, 0.6) is 0 Å². The van der Waals surface area contributed by atoms with Crippen molar-refractivity contribution in [3.63, 3.8) is 0 Å². The third-order valence-electron chi connectivity index (χ3n) is 4.97. The Morgan fingerprint density at radius 2 is 2.07 bits per heavy atom. The Morgan fingerprint density at radius 3 is 2.89 bits per heavy atom.